The minimum absolute atomic E-state index is 0.277. The Morgan fingerprint density at radius 1 is 1.53 bits per heavy atom. The first-order chi connectivity index (χ1) is 7.11. The largest absolute Gasteiger partial charge is 0.477 e. The molecule has 0 saturated heterocycles. The first-order valence-corrected chi connectivity index (χ1v) is 4.80. The van der Waals surface area contributed by atoms with Gasteiger partial charge in [-0.15, -0.1) is 0 Å². The van der Waals surface area contributed by atoms with Gasteiger partial charge in [-0.2, -0.15) is 0 Å². The molecule has 0 spiro atoms. The summed E-state index contributed by atoms with van der Waals surface area (Å²) in [5.41, 5.74) is -0.299. The minimum Gasteiger partial charge on any atom is -0.477 e. The maximum atomic E-state index is 11.7. The zero-order valence-electron chi connectivity index (χ0n) is 7.32. The third kappa shape index (κ3) is 1.52. The van der Waals surface area contributed by atoms with Crippen molar-refractivity contribution in [1.82, 2.24) is 9.97 Å². The van der Waals surface area contributed by atoms with Crippen molar-refractivity contribution in [3.8, 4) is 0 Å². The van der Waals surface area contributed by atoms with E-state index in [1.54, 1.807) is 0 Å². The molecule has 0 saturated carbocycles. The Morgan fingerprint density at radius 3 is 2.93 bits per heavy atom. The van der Waals surface area contributed by atoms with Crippen LogP contribution in [0.25, 0.3) is 10.9 Å². The van der Waals surface area contributed by atoms with Crippen molar-refractivity contribution in [2.24, 2.45) is 0 Å². The van der Waals surface area contributed by atoms with Crippen molar-refractivity contribution < 1.29 is 9.90 Å². The van der Waals surface area contributed by atoms with Gasteiger partial charge in [0.25, 0.3) is 0 Å². The quantitative estimate of drug-likeness (QED) is 0.766. The van der Waals surface area contributed by atoms with Crippen LogP contribution in [-0.4, -0.2) is 21.0 Å². The lowest BCUT2D eigenvalue weighted by Crippen LogP contribution is -2.15. The summed E-state index contributed by atoms with van der Waals surface area (Å²) in [5, 5.41) is 9.05. The number of fused-ring (bicyclic) bond motifs is 1. The van der Waals surface area contributed by atoms with Gasteiger partial charge in [0.05, 0.1) is 10.9 Å². The predicted octanol–water partition coefficient (Wildman–Crippen LogP) is 1.38. The third-order valence-electron chi connectivity index (χ3n) is 1.99. The van der Waals surface area contributed by atoms with Crippen molar-refractivity contribution in [3.63, 3.8) is 0 Å². The lowest BCUT2D eigenvalue weighted by Gasteiger charge is -2.00. The highest BCUT2D eigenvalue weighted by Gasteiger charge is 2.12. The monoisotopic (exact) mass is 268 g/mol. The van der Waals surface area contributed by atoms with Gasteiger partial charge in [0.2, 0.25) is 5.43 Å². The fourth-order valence-corrected chi connectivity index (χ4v) is 1.72. The number of H-pyrrole nitrogens is 1. The van der Waals surface area contributed by atoms with E-state index in [1.165, 1.54) is 18.5 Å². The standard InChI is InChI=1S/C9H5BrN2O3/c10-8-6-4(1-2-11-8)7(13)5(3-12-6)9(14)15/h1-3H,(H,12,13)(H,14,15). The van der Waals surface area contributed by atoms with Crippen LogP contribution in [0, 0.1) is 0 Å². The highest BCUT2D eigenvalue weighted by Crippen LogP contribution is 2.16. The number of aromatic carboxylic acids is 1. The van der Waals surface area contributed by atoms with E-state index in [1.807, 2.05) is 0 Å². The molecule has 5 nitrogen and oxygen atoms in total. The van der Waals surface area contributed by atoms with Gasteiger partial charge in [-0.05, 0) is 22.0 Å². The van der Waals surface area contributed by atoms with Crippen LogP contribution in [0.15, 0.2) is 27.9 Å². The van der Waals surface area contributed by atoms with Gasteiger partial charge in [0.1, 0.15) is 10.2 Å². The number of hydrogen-bond acceptors (Lipinski definition) is 3. The number of carboxylic acids is 1. The molecule has 0 atom stereocenters. The van der Waals surface area contributed by atoms with E-state index in [-0.39, 0.29) is 5.56 Å². The molecule has 2 aromatic rings. The van der Waals surface area contributed by atoms with Gasteiger partial charge in [0.15, 0.2) is 0 Å². The van der Waals surface area contributed by atoms with Crippen LogP contribution >= 0.6 is 15.9 Å². The second kappa shape index (κ2) is 3.47. The maximum Gasteiger partial charge on any atom is 0.341 e. The number of pyridine rings is 2. The Kier molecular flexibility index (Phi) is 2.28. The summed E-state index contributed by atoms with van der Waals surface area (Å²) < 4.78 is 0.481. The molecule has 0 fully saturated rings. The molecule has 15 heavy (non-hydrogen) atoms. The average Bonchev–Trinajstić information content (AvgIpc) is 2.19. The van der Waals surface area contributed by atoms with E-state index >= 15 is 0 Å². The molecule has 0 aliphatic heterocycles. The van der Waals surface area contributed by atoms with E-state index in [4.69, 9.17) is 5.11 Å². The number of carboxylic acid groups (broad SMARTS) is 1. The SMILES string of the molecule is O=C(O)c1c[nH]c2c(Br)nccc2c1=O. The van der Waals surface area contributed by atoms with Gasteiger partial charge in [0, 0.05) is 12.4 Å². The number of hydrogen-bond donors (Lipinski definition) is 2. The van der Waals surface area contributed by atoms with Crippen molar-refractivity contribution in [2.45, 2.75) is 0 Å². The molecule has 0 aliphatic carbocycles. The Morgan fingerprint density at radius 2 is 2.27 bits per heavy atom. The van der Waals surface area contributed by atoms with Crippen molar-refractivity contribution in [2.75, 3.05) is 0 Å². The summed E-state index contributed by atoms with van der Waals surface area (Å²) in [5.74, 6) is -1.24. The zero-order chi connectivity index (χ0) is 11.0. The molecule has 0 aliphatic rings. The number of carbonyl (C=O) groups is 1. The molecule has 2 heterocycles. The molecule has 2 N–H and O–H groups in total. The molecule has 0 aromatic carbocycles. The highest BCUT2D eigenvalue weighted by molar-refractivity contribution is 9.10. The normalized spacial score (nSPS) is 10.5. The molecule has 6 heteroatoms. The Balaban J connectivity index is 2.92. The molecule has 0 bridgehead atoms. The highest BCUT2D eigenvalue weighted by atomic mass is 79.9. The topological polar surface area (TPSA) is 83.0 Å². The van der Waals surface area contributed by atoms with E-state index in [2.05, 4.69) is 25.9 Å². The third-order valence-corrected chi connectivity index (χ3v) is 2.59. The second-order valence-corrected chi connectivity index (χ2v) is 3.61. The van der Waals surface area contributed by atoms with E-state index in [0.29, 0.717) is 15.5 Å². The van der Waals surface area contributed by atoms with Crippen LogP contribution in [0.1, 0.15) is 10.4 Å². The number of aromatic nitrogens is 2. The van der Waals surface area contributed by atoms with Gasteiger partial charge >= 0.3 is 5.97 Å². The fourth-order valence-electron chi connectivity index (χ4n) is 1.28. The van der Waals surface area contributed by atoms with Gasteiger partial charge < -0.3 is 10.1 Å². The lowest BCUT2D eigenvalue weighted by atomic mass is 10.2. The molecule has 0 radical (unpaired) electrons. The molecule has 2 aromatic heterocycles. The van der Waals surface area contributed by atoms with Crippen molar-refractivity contribution in [3.05, 3.63) is 38.9 Å². The molecular formula is C9H5BrN2O3. The van der Waals surface area contributed by atoms with Crippen LogP contribution in [0.3, 0.4) is 0 Å². The zero-order valence-corrected chi connectivity index (χ0v) is 8.91. The van der Waals surface area contributed by atoms with Crippen LogP contribution in [0.5, 0.6) is 0 Å². The second-order valence-electron chi connectivity index (χ2n) is 2.86. The summed E-state index contributed by atoms with van der Waals surface area (Å²) in [7, 11) is 0. The molecular weight excluding hydrogens is 264 g/mol. The molecule has 2 rings (SSSR count). The lowest BCUT2D eigenvalue weighted by molar-refractivity contribution is 0.0695. The summed E-state index contributed by atoms with van der Waals surface area (Å²) in [6.07, 6.45) is 2.60. The number of nitrogens with zero attached hydrogens (tertiary/aromatic N) is 1. The van der Waals surface area contributed by atoms with E-state index in [0.717, 1.165) is 0 Å². The van der Waals surface area contributed by atoms with Crippen LogP contribution < -0.4 is 5.43 Å². The van der Waals surface area contributed by atoms with Crippen LogP contribution in [0.2, 0.25) is 0 Å². The Bertz CT molecular complexity index is 606. The minimum atomic E-state index is -1.24. The smallest absolute Gasteiger partial charge is 0.341 e. The van der Waals surface area contributed by atoms with Crippen LogP contribution in [0.4, 0.5) is 0 Å². The number of halogens is 1. The van der Waals surface area contributed by atoms with E-state index in [9.17, 15) is 9.59 Å². The van der Waals surface area contributed by atoms with E-state index < -0.39 is 11.4 Å². The first kappa shape index (κ1) is 9.85. The van der Waals surface area contributed by atoms with Crippen LogP contribution in [-0.2, 0) is 0 Å². The Labute approximate surface area is 91.9 Å². The summed E-state index contributed by atoms with van der Waals surface area (Å²) in [6, 6.07) is 1.48. The summed E-state index contributed by atoms with van der Waals surface area (Å²) in [4.78, 5) is 29.0. The van der Waals surface area contributed by atoms with Gasteiger partial charge in [-0.3, -0.25) is 4.79 Å². The predicted molar refractivity (Wildman–Crippen MR) is 57.0 cm³/mol. The maximum absolute atomic E-state index is 11.7. The molecule has 0 amide bonds. The summed E-state index contributed by atoms with van der Waals surface area (Å²) in [6.45, 7) is 0. The van der Waals surface area contributed by atoms with Crippen molar-refractivity contribution in [1.29, 1.82) is 0 Å². The first-order valence-electron chi connectivity index (χ1n) is 4.00. The number of aromatic amines is 1. The average molecular weight is 269 g/mol. The van der Waals surface area contributed by atoms with Gasteiger partial charge in [-0.1, -0.05) is 0 Å². The summed E-state index contributed by atoms with van der Waals surface area (Å²) >= 11 is 3.16. The molecule has 0 unspecified atom stereocenters. The Hall–Kier alpha value is -1.69. The van der Waals surface area contributed by atoms with Gasteiger partial charge in [-0.25, -0.2) is 9.78 Å². The molecule has 76 valence electrons. The fraction of sp³-hybridized carbons (Fsp3) is 0. The van der Waals surface area contributed by atoms with Crippen molar-refractivity contribution >= 4 is 32.8 Å². The number of rotatable bonds is 1. The number of nitrogens with one attached hydrogen (secondary N) is 1.